The van der Waals surface area contributed by atoms with Crippen molar-refractivity contribution < 1.29 is 28.0 Å². The number of anilines is 1. The molecule has 0 saturated carbocycles. The molecular formula is C30H29FN2O5. The molecule has 2 unspecified atom stereocenters. The highest BCUT2D eigenvalue weighted by molar-refractivity contribution is 5.91. The molecule has 38 heavy (non-hydrogen) atoms. The van der Waals surface area contributed by atoms with Crippen LogP contribution >= 0.6 is 0 Å². The van der Waals surface area contributed by atoms with E-state index < -0.39 is 18.0 Å². The van der Waals surface area contributed by atoms with Crippen LogP contribution in [0.15, 0.2) is 77.3 Å². The van der Waals surface area contributed by atoms with Gasteiger partial charge in [0.15, 0.2) is 5.76 Å². The average molecular weight is 517 g/mol. The molecule has 4 aromatic rings. The molecule has 1 aromatic heterocycles. The summed E-state index contributed by atoms with van der Waals surface area (Å²) in [4.78, 5) is 24.6. The Labute approximate surface area is 220 Å². The normalized spacial score (nSPS) is 12.4. The number of hydrogen-bond donors (Lipinski definition) is 1. The van der Waals surface area contributed by atoms with Crippen molar-refractivity contribution in [2.75, 3.05) is 11.9 Å². The van der Waals surface area contributed by atoms with E-state index in [4.69, 9.17) is 14.0 Å². The van der Waals surface area contributed by atoms with Crippen LogP contribution < -0.4 is 5.32 Å². The first-order valence-corrected chi connectivity index (χ1v) is 12.3. The third-order valence-corrected chi connectivity index (χ3v) is 6.25. The minimum absolute atomic E-state index is 0.248. The molecule has 0 spiro atoms. The van der Waals surface area contributed by atoms with Gasteiger partial charge in [0.2, 0.25) is 0 Å². The number of rotatable bonds is 8. The molecule has 7 nitrogen and oxygen atoms in total. The minimum Gasteiger partial charge on any atom is -0.466 e. The first-order valence-electron chi connectivity index (χ1n) is 12.3. The predicted octanol–water partition coefficient (Wildman–Crippen LogP) is 7.43. The van der Waals surface area contributed by atoms with E-state index in [0.717, 1.165) is 16.7 Å². The van der Waals surface area contributed by atoms with Gasteiger partial charge in [-0.3, -0.25) is 10.1 Å². The maximum Gasteiger partial charge on any atom is 0.412 e. The number of ether oxygens (including phenoxy) is 2. The summed E-state index contributed by atoms with van der Waals surface area (Å²) in [5, 5.41) is 6.67. The van der Waals surface area contributed by atoms with Crippen LogP contribution in [0.3, 0.4) is 0 Å². The van der Waals surface area contributed by atoms with Gasteiger partial charge in [0.05, 0.1) is 12.5 Å². The second-order valence-electron chi connectivity index (χ2n) is 8.84. The van der Waals surface area contributed by atoms with E-state index in [1.54, 1.807) is 39.0 Å². The number of nitrogens with one attached hydrogen (secondary N) is 1. The van der Waals surface area contributed by atoms with Crippen LogP contribution in [-0.4, -0.2) is 23.8 Å². The third-order valence-electron chi connectivity index (χ3n) is 6.25. The Kier molecular flexibility index (Phi) is 8.21. The Balaban J connectivity index is 1.47. The Morgan fingerprint density at radius 2 is 1.55 bits per heavy atom. The number of carbonyl (C=O) groups is 2. The van der Waals surface area contributed by atoms with Crippen LogP contribution in [0.25, 0.3) is 22.5 Å². The second kappa shape index (κ2) is 11.7. The average Bonchev–Trinajstić information content (AvgIpc) is 3.28. The molecule has 0 radical (unpaired) electrons. The molecule has 3 aromatic carbocycles. The highest BCUT2D eigenvalue weighted by Gasteiger charge is 2.21. The molecule has 0 aliphatic heterocycles. The van der Waals surface area contributed by atoms with Crippen molar-refractivity contribution in [3.8, 4) is 22.5 Å². The summed E-state index contributed by atoms with van der Waals surface area (Å²) in [6.45, 7) is 7.27. The number of benzene rings is 3. The number of amides is 1. The topological polar surface area (TPSA) is 90.7 Å². The lowest BCUT2D eigenvalue weighted by atomic mass is 9.97. The standard InChI is InChI=1S/C30H29FN2O5/c1-5-36-29(34)18(2)21-10-12-22(13-11-21)23-14-16-24(17-15-23)28-27(19(3)33-38-28)32-30(35)37-20(4)25-8-6-7-9-26(25)31/h6-18,20H,5H2,1-4H3,(H,32,35). The third kappa shape index (κ3) is 5.91. The molecule has 4 rings (SSSR count). The lowest BCUT2D eigenvalue weighted by molar-refractivity contribution is -0.144. The first kappa shape index (κ1) is 26.6. The quantitative estimate of drug-likeness (QED) is 0.245. The molecule has 0 fully saturated rings. The molecule has 2 atom stereocenters. The van der Waals surface area contributed by atoms with Gasteiger partial charge in [-0.25, -0.2) is 9.18 Å². The SMILES string of the molecule is CCOC(=O)C(C)c1ccc(-c2ccc(-c3onc(C)c3NC(=O)OC(C)c3ccccc3F)cc2)cc1. The maximum atomic E-state index is 14.0. The van der Waals surface area contributed by atoms with E-state index in [0.29, 0.717) is 29.3 Å². The Morgan fingerprint density at radius 3 is 2.18 bits per heavy atom. The molecule has 0 aliphatic carbocycles. The van der Waals surface area contributed by atoms with Gasteiger partial charge < -0.3 is 14.0 Å². The van der Waals surface area contributed by atoms with Gasteiger partial charge in [-0.05, 0) is 50.5 Å². The molecule has 0 saturated heterocycles. The lowest BCUT2D eigenvalue weighted by Gasteiger charge is -2.15. The van der Waals surface area contributed by atoms with Crippen molar-refractivity contribution in [2.24, 2.45) is 0 Å². The number of halogens is 1. The number of esters is 1. The molecular weight excluding hydrogens is 487 g/mol. The van der Waals surface area contributed by atoms with Crippen molar-refractivity contribution in [1.82, 2.24) is 5.16 Å². The fourth-order valence-corrected chi connectivity index (χ4v) is 4.06. The molecule has 1 heterocycles. The summed E-state index contributed by atoms with van der Waals surface area (Å²) in [6.07, 6.45) is -1.53. The molecule has 1 amide bonds. The summed E-state index contributed by atoms with van der Waals surface area (Å²) in [5.74, 6) is -0.656. The van der Waals surface area contributed by atoms with E-state index >= 15 is 0 Å². The van der Waals surface area contributed by atoms with Crippen LogP contribution in [0.2, 0.25) is 0 Å². The van der Waals surface area contributed by atoms with Crippen LogP contribution in [-0.2, 0) is 14.3 Å². The van der Waals surface area contributed by atoms with Crippen LogP contribution in [0.1, 0.15) is 49.6 Å². The fraction of sp³-hybridized carbons (Fsp3) is 0.233. The molecule has 8 heteroatoms. The van der Waals surface area contributed by atoms with Gasteiger partial charge in [-0.15, -0.1) is 0 Å². The van der Waals surface area contributed by atoms with Crippen LogP contribution in [0.5, 0.6) is 0 Å². The number of aromatic nitrogens is 1. The van der Waals surface area contributed by atoms with Gasteiger partial charge in [0.1, 0.15) is 23.3 Å². The summed E-state index contributed by atoms with van der Waals surface area (Å²) in [6, 6.07) is 21.5. The Morgan fingerprint density at radius 1 is 0.947 bits per heavy atom. The number of carbonyl (C=O) groups excluding carboxylic acids is 2. The first-order chi connectivity index (χ1) is 18.3. The Bertz CT molecular complexity index is 1410. The summed E-state index contributed by atoms with van der Waals surface area (Å²) in [7, 11) is 0. The number of nitrogens with zero attached hydrogens (tertiary/aromatic N) is 1. The van der Waals surface area contributed by atoms with Gasteiger partial charge >= 0.3 is 12.1 Å². The summed E-state index contributed by atoms with van der Waals surface area (Å²) in [5.41, 5.74) is 4.67. The van der Waals surface area contributed by atoms with Gasteiger partial charge in [0.25, 0.3) is 0 Å². The minimum atomic E-state index is -0.786. The molecule has 196 valence electrons. The van der Waals surface area contributed by atoms with Crippen molar-refractivity contribution in [3.63, 3.8) is 0 Å². The summed E-state index contributed by atoms with van der Waals surface area (Å²) >= 11 is 0. The predicted molar refractivity (Wildman–Crippen MR) is 142 cm³/mol. The monoisotopic (exact) mass is 516 g/mol. The fourth-order valence-electron chi connectivity index (χ4n) is 4.06. The zero-order valence-electron chi connectivity index (χ0n) is 21.7. The van der Waals surface area contributed by atoms with Crippen molar-refractivity contribution in [1.29, 1.82) is 0 Å². The van der Waals surface area contributed by atoms with Crippen LogP contribution in [0.4, 0.5) is 14.9 Å². The Hall–Kier alpha value is -4.46. The highest BCUT2D eigenvalue weighted by atomic mass is 19.1. The molecule has 0 bridgehead atoms. The van der Waals surface area contributed by atoms with Crippen molar-refractivity contribution >= 4 is 17.7 Å². The number of hydrogen-bond acceptors (Lipinski definition) is 6. The van der Waals surface area contributed by atoms with E-state index in [9.17, 15) is 14.0 Å². The number of aryl methyl sites for hydroxylation is 1. The molecule has 0 aliphatic rings. The van der Waals surface area contributed by atoms with E-state index in [1.807, 2.05) is 55.5 Å². The van der Waals surface area contributed by atoms with Crippen LogP contribution in [0, 0.1) is 12.7 Å². The zero-order chi connectivity index (χ0) is 27.2. The second-order valence-corrected chi connectivity index (χ2v) is 8.84. The smallest absolute Gasteiger partial charge is 0.412 e. The van der Waals surface area contributed by atoms with E-state index in [-0.39, 0.29) is 17.5 Å². The van der Waals surface area contributed by atoms with Crippen molar-refractivity contribution in [2.45, 2.75) is 39.7 Å². The van der Waals surface area contributed by atoms with Gasteiger partial charge in [-0.2, -0.15) is 0 Å². The largest absolute Gasteiger partial charge is 0.466 e. The zero-order valence-corrected chi connectivity index (χ0v) is 21.7. The maximum absolute atomic E-state index is 14.0. The molecule has 1 N–H and O–H groups in total. The highest BCUT2D eigenvalue weighted by Crippen LogP contribution is 2.33. The van der Waals surface area contributed by atoms with Gasteiger partial charge in [0, 0.05) is 11.1 Å². The van der Waals surface area contributed by atoms with E-state index in [1.165, 1.54) is 6.07 Å². The van der Waals surface area contributed by atoms with Crippen molar-refractivity contribution in [3.05, 3.63) is 95.4 Å². The lowest BCUT2D eigenvalue weighted by Crippen LogP contribution is -2.17. The van der Waals surface area contributed by atoms with E-state index in [2.05, 4.69) is 10.5 Å². The summed E-state index contributed by atoms with van der Waals surface area (Å²) < 4.78 is 30.0. The van der Waals surface area contributed by atoms with Gasteiger partial charge in [-0.1, -0.05) is 71.9 Å².